The molecule has 0 N–H and O–H groups in total. The number of amides is 1. The molecule has 1 aliphatic heterocycles. The van der Waals surface area contributed by atoms with Gasteiger partial charge in [0.15, 0.2) is 0 Å². The van der Waals surface area contributed by atoms with E-state index in [2.05, 4.69) is 0 Å². The molecular weight excluding hydrogens is 249 g/mol. The summed E-state index contributed by atoms with van der Waals surface area (Å²) in [6, 6.07) is 3.64. The van der Waals surface area contributed by atoms with Crippen LogP contribution in [0.4, 0.5) is 0 Å². The predicted molar refractivity (Wildman–Crippen MR) is 62.6 cm³/mol. The lowest BCUT2D eigenvalue weighted by molar-refractivity contribution is -0.128. The maximum absolute atomic E-state index is 11.8. The van der Waals surface area contributed by atoms with Gasteiger partial charge in [0.1, 0.15) is 11.1 Å². The molecule has 0 bridgehead atoms. The molecule has 1 fully saturated rings. The van der Waals surface area contributed by atoms with Crippen LogP contribution in [-0.2, 0) is 11.3 Å². The summed E-state index contributed by atoms with van der Waals surface area (Å²) in [4.78, 5) is 13.5. The van der Waals surface area contributed by atoms with Gasteiger partial charge < -0.3 is 9.32 Å². The third-order valence-corrected chi connectivity index (χ3v) is 3.71. The number of hydrogen-bond donors (Lipinski definition) is 0. The van der Waals surface area contributed by atoms with Crippen molar-refractivity contribution in [2.45, 2.75) is 24.2 Å². The van der Waals surface area contributed by atoms with Crippen LogP contribution in [0.1, 0.15) is 12.7 Å². The van der Waals surface area contributed by atoms with Crippen molar-refractivity contribution >= 4 is 29.1 Å². The number of halogens is 2. The summed E-state index contributed by atoms with van der Waals surface area (Å²) in [5, 5.41) is -0.615. The lowest BCUT2D eigenvalue weighted by Crippen LogP contribution is -2.26. The summed E-state index contributed by atoms with van der Waals surface area (Å²) in [6.07, 6.45) is 1.59. The van der Waals surface area contributed by atoms with Crippen molar-refractivity contribution in [1.82, 2.24) is 4.90 Å². The zero-order valence-electron chi connectivity index (χ0n) is 8.90. The number of alkyl halides is 2. The number of carbonyl (C=O) groups is 1. The second-order valence-electron chi connectivity index (χ2n) is 4.04. The number of carbonyl (C=O) groups excluding carboxylic acids is 1. The molecule has 1 amide bonds. The average Bonchev–Trinajstić information content (AvgIpc) is 2.82. The molecule has 88 valence electrons. The summed E-state index contributed by atoms with van der Waals surface area (Å²) >= 11 is 12.1. The maximum atomic E-state index is 11.8. The third kappa shape index (κ3) is 2.20. The molecule has 2 heterocycles. The van der Waals surface area contributed by atoms with Crippen molar-refractivity contribution in [1.29, 1.82) is 0 Å². The molecule has 1 aromatic heterocycles. The van der Waals surface area contributed by atoms with Crippen LogP contribution in [0.25, 0.3) is 0 Å². The molecule has 16 heavy (non-hydrogen) atoms. The summed E-state index contributed by atoms with van der Waals surface area (Å²) in [7, 11) is 0. The van der Waals surface area contributed by atoms with Gasteiger partial charge in [-0.25, -0.2) is 0 Å². The quantitative estimate of drug-likeness (QED) is 0.784. The van der Waals surface area contributed by atoms with Crippen molar-refractivity contribution in [3.8, 4) is 0 Å². The molecular formula is C11H13Cl2NO2. The Morgan fingerprint density at radius 2 is 2.44 bits per heavy atom. The van der Waals surface area contributed by atoms with E-state index in [9.17, 15) is 4.79 Å². The highest BCUT2D eigenvalue weighted by Gasteiger charge is 2.41. The summed E-state index contributed by atoms with van der Waals surface area (Å²) < 4.78 is 5.20. The van der Waals surface area contributed by atoms with E-state index in [0.717, 1.165) is 5.76 Å². The van der Waals surface area contributed by atoms with E-state index in [1.165, 1.54) is 0 Å². The van der Waals surface area contributed by atoms with Gasteiger partial charge in [0, 0.05) is 17.8 Å². The zero-order chi connectivity index (χ0) is 11.7. The Kier molecular flexibility index (Phi) is 3.45. The second kappa shape index (κ2) is 4.68. The molecule has 0 aromatic carbocycles. The van der Waals surface area contributed by atoms with Crippen molar-refractivity contribution in [2.24, 2.45) is 5.92 Å². The van der Waals surface area contributed by atoms with Crippen LogP contribution in [0, 0.1) is 5.92 Å². The lowest BCUT2D eigenvalue weighted by atomic mass is 10.1. The molecule has 3 unspecified atom stereocenters. The van der Waals surface area contributed by atoms with Gasteiger partial charge in [-0.3, -0.25) is 4.79 Å². The van der Waals surface area contributed by atoms with Gasteiger partial charge in [-0.1, -0.05) is 0 Å². The molecule has 0 spiro atoms. The second-order valence-corrected chi connectivity index (χ2v) is 5.20. The highest BCUT2D eigenvalue weighted by Crippen LogP contribution is 2.29. The van der Waals surface area contributed by atoms with Gasteiger partial charge in [-0.05, 0) is 19.1 Å². The standard InChI is InChI=1S/C11H13Cl2NO2/c1-7(12)9-6-14(11(15)10(9)13)5-8-3-2-4-16-8/h2-4,7,9-10H,5-6H2,1H3. The van der Waals surface area contributed by atoms with Crippen molar-refractivity contribution in [2.75, 3.05) is 6.54 Å². The van der Waals surface area contributed by atoms with Gasteiger partial charge in [0.2, 0.25) is 5.91 Å². The number of furan rings is 1. The van der Waals surface area contributed by atoms with E-state index in [1.807, 2.05) is 13.0 Å². The Labute approximate surface area is 104 Å². The van der Waals surface area contributed by atoms with Crippen molar-refractivity contribution in [3.05, 3.63) is 24.2 Å². The molecule has 0 saturated carbocycles. The summed E-state index contributed by atoms with van der Waals surface area (Å²) in [6.45, 7) is 2.93. The molecule has 3 nitrogen and oxygen atoms in total. The molecule has 3 atom stereocenters. The van der Waals surface area contributed by atoms with Gasteiger partial charge in [-0.15, -0.1) is 23.2 Å². The molecule has 0 aliphatic carbocycles. The fourth-order valence-corrected chi connectivity index (χ4v) is 2.64. The highest BCUT2D eigenvalue weighted by atomic mass is 35.5. The topological polar surface area (TPSA) is 33.5 Å². The zero-order valence-corrected chi connectivity index (χ0v) is 10.4. The van der Waals surface area contributed by atoms with E-state index in [0.29, 0.717) is 13.1 Å². The van der Waals surface area contributed by atoms with Crippen LogP contribution >= 0.6 is 23.2 Å². The van der Waals surface area contributed by atoms with E-state index in [-0.39, 0.29) is 17.2 Å². The minimum absolute atomic E-state index is 0.00537. The van der Waals surface area contributed by atoms with Crippen LogP contribution in [0.5, 0.6) is 0 Å². The molecule has 1 saturated heterocycles. The van der Waals surface area contributed by atoms with E-state index < -0.39 is 5.38 Å². The predicted octanol–water partition coefficient (Wildman–Crippen LogP) is 2.47. The third-order valence-electron chi connectivity index (χ3n) is 2.87. The Morgan fingerprint density at radius 1 is 1.69 bits per heavy atom. The molecule has 2 rings (SSSR count). The Morgan fingerprint density at radius 3 is 2.94 bits per heavy atom. The van der Waals surface area contributed by atoms with Crippen LogP contribution in [0.3, 0.4) is 0 Å². The summed E-state index contributed by atoms with van der Waals surface area (Å²) in [5.41, 5.74) is 0. The number of hydrogen-bond acceptors (Lipinski definition) is 2. The first-order valence-electron chi connectivity index (χ1n) is 5.19. The van der Waals surface area contributed by atoms with Crippen LogP contribution in [-0.4, -0.2) is 28.1 Å². The first-order chi connectivity index (χ1) is 7.59. The fourth-order valence-electron chi connectivity index (χ4n) is 1.91. The van der Waals surface area contributed by atoms with E-state index in [4.69, 9.17) is 27.6 Å². The Bertz CT molecular complexity index is 364. The monoisotopic (exact) mass is 261 g/mol. The largest absolute Gasteiger partial charge is 0.467 e. The molecule has 5 heteroatoms. The van der Waals surface area contributed by atoms with Gasteiger partial charge in [0.05, 0.1) is 12.8 Å². The minimum Gasteiger partial charge on any atom is -0.467 e. The minimum atomic E-state index is -0.512. The molecule has 1 aliphatic rings. The van der Waals surface area contributed by atoms with Gasteiger partial charge >= 0.3 is 0 Å². The molecule has 1 aromatic rings. The van der Waals surface area contributed by atoms with Gasteiger partial charge in [0.25, 0.3) is 0 Å². The Hall–Kier alpha value is -0.670. The van der Waals surface area contributed by atoms with Crippen molar-refractivity contribution < 1.29 is 9.21 Å². The average molecular weight is 262 g/mol. The lowest BCUT2D eigenvalue weighted by Gasteiger charge is -2.15. The first-order valence-corrected chi connectivity index (χ1v) is 6.06. The van der Waals surface area contributed by atoms with E-state index in [1.54, 1.807) is 17.2 Å². The van der Waals surface area contributed by atoms with Gasteiger partial charge in [-0.2, -0.15) is 0 Å². The normalized spacial score (nSPS) is 27.4. The van der Waals surface area contributed by atoms with E-state index >= 15 is 0 Å². The van der Waals surface area contributed by atoms with Crippen molar-refractivity contribution in [3.63, 3.8) is 0 Å². The maximum Gasteiger partial charge on any atom is 0.241 e. The Balaban J connectivity index is 2.05. The highest BCUT2D eigenvalue weighted by molar-refractivity contribution is 6.32. The number of likely N-dealkylation sites (tertiary alicyclic amines) is 1. The van der Waals surface area contributed by atoms with Crippen LogP contribution in [0.15, 0.2) is 22.8 Å². The molecule has 0 radical (unpaired) electrons. The van der Waals surface area contributed by atoms with Crippen LogP contribution < -0.4 is 0 Å². The van der Waals surface area contributed by atoms with Crippen LogP contribution in [0.2, 0.25) is 0 Å². The SMILES string of the molecule is CC(Cl)C1CN(Cc2ccco2)C(=O)C1Cl. The first kappa shape index (κ1) is 11.8. The summed E-state index contributed by atoms with van der Waals surface area (Å²) in [5.74, 6) is 0.710. The fraction of sp³-hybridized carbons (Fsp3) is 0.545. The number of nitrogens with zero attached hydrogens (tertiary/aromatic N) is 1. The smallest absolute Gasteiger partial charge is 0.241 e. The number of rotatable bonds is 3.